The fourth-order valence-electron chi connectivity index (χ4n) is 2.32. The summed E-state index contributed by atoms with van der Waals surface area (Å²) in [5, 5.41) is 0. The van der Waals surface area contributed by atoms with Crippen molar-refractivity contribution in [2.45, 2.75) is 18.2 Å². The van der Waals surface area contributed by atoms with E-state index in [2.05, 4.69) is 63.0 Å². The molecule has 0 saturated carbocycles. The minimum atomic E-state index is 0.267. The molecule has 0 aromatic heterocycles. The molecule has 0 fully saturated rings. The highest BCUT2D eigenvalue weighted by molar-refractivity contribution is 9.10. The van der Waals surface area contributed by atoms with Crippen molar-refractivity contribution in [3.63, 3.8) is 0 Å². The van der Waals surface area contributed by atoms with Crippen LogP contribution in [0, 0.1) is 6.92 Å². The molecule has 112 valence electrons. The van der Waals surface area contributed by atoms with Gasteiger partial charge in [-0.1, -0.05) is 44.0 Å². The van der Waals surface area contributed by atoms with Crippen molar-refractivity contribution < 1.29 is 9.47 Å². The summed E-state index contributed by atoms with van der Waals surface area (Å²) < 4.78 is 11.7. The molecule has 2 rings (SSSR count). The lowest BCUT2D eigenvalue weighted by molar-refractivity contribution is 0.354. The number of hydrogen-bond donors (Lipinski definition) is 0. The van der Waals surface area contributed by atoms with Crippen molar-refractivity contribution in [2.24, 2.45) is 0 Å². The molecule has 0 heterocycles. The molecule has 0 N–H and O–H groups in total. The zero-order chi connectivity index (χ0) is 15.4. The zero-order valence-corrected chi connectivity index (χ0v) is 15.5. The van der Waals surface area contributed by atoms with Crippen LogP contribution < -0.4 is 9.47 Å². The van der Waals surface area contributed by atoms with Gasteiger partial charge in [0.15, 0.2) is 11.5 Å². The number of benzene rings is 2. The van der Waals surface area contributed by atoms with Crippen LogP contribution in [0.25, 0.3) is 0 Å². The molecule has 0 radical (unpaired) electrons. The van der Waals surface area contributed by atoms with E-state index in [1.54, 1.807) is 14.2 Å². The van der Waals surface area contributed by atoms with Gasteiger partial charge in [-0.3, -0.25) is 0 Å². The second-order valence-electron chi connectivity index (χ2n) is 4.86. The van der Waals surface area contributed by atoms with Crippen molar-refractivity contribution in [1.29, 1.82) is 0 Å². The molecular weight excluding hydrogens is 396 g/mol. The number of ether oxygens (including phenoxy) is 2. The third-order valence-corrected chi connectivity index (χ3v) is 4.74. The Morgan fingerprint density at radius 3 is 2.33 bits per heavy atom. The summed E-state index contributed by atoms with van der Waals surface area (Å²) in [7, 11) is 3.31. The molecule has 2 nitrogen and oxygen atoms in total. The number of methoxy groups -OCH3 is 2. The predicted molar refractivity (Wildman–Crippen MR) is 93.8 cm³/mol. The van der Waals surface area contributed by atoms with Gasteiger partial charge in [-0.05, 0) is 54.3 Å². The molecule has 1 atom stereocenters. The van der Waals surface area contributed by atoms with Gasteiger partial charge in [0.2, 0.25) is 0 Å². The maximum absolute atomic E-state index is 5.36. The van der Waals surface area contributed by atoms with Gasteiger partial charge in [0.05, 0.1) is 14.2 Å². The highest BCUT2D eigenvalue weighted by Gasteiger charge is 2.13. The van der Waals surface area contributed by atoms with Gasteiger partial charge in [0.25, 0.3) is 0 Å². The van der Waals surface area contributed by atoms with Gasteiger partial charge in [0, 0.05) is 9.30 Å². The lowest BCUT2D eigenvalue weighted by Gasteiger charge is -2.15. The number of hydrogen-bond acceptors (Lipinski definition) is 2. The van der Waals surface area contributed by atoms with Gasteiger partial charge in [-0.2, -0.15) is 0 Å². The van der Waals surface area contributed by atoms with E-state index in [0.29, 0.717) is 0 Å². The van der Waals surface area contributed by atoms with Gasteiger partial charge in [0.1, 0.15) is 0 Å². The van der Waals surface area contributed by atoms with Crippen molar-refractivity contribution in [2.75, 3.05) is 14.2 Å². The van der Waals surface area contributed by atoms with E-state index in [0.717, 1.165) is 22.4 Å². The maximum Gasteiger partial charge on any atom is 0.160 e. The highest BCUT2D eigenvalue weighted by Crippen LogP contribution is 2.34. The van der Waals surface area contributed by atoms with Gasteiger partial charge in [-0.25, -0.2) is 0 Å². The monoisotopic (exact) mass is 412 g/mol. The standard InChI is InChI=1S/C17H18Br2O2/c1-11-8-13(18)5-6-14(11)15(19)9-12-4-7-16(20-2)17(10-12)21-3/h4-8,10,15H,9H2,1-3H3. The summed E-state index contributed by atoms with van der Waals surface area (Å²) in [6, 6.07) is 12.4. The molecule has 0 spiro atoms. The second-order valence-corrected chi connectivity index (χ2v) is 6.88. The van der Waals surface area contributed by atoms with Crippen LogP contribution in [0.5, 0.6) is 11.5 Å². The van der Waals surface area contributed by atoms with E-state index >= 15 is 0 Å². The van der Waals surface area contributed by atoms with E-state index in [1.807, 2.05) is 12.1 Å². The Kier molecular flexibility index (Phi) is 5.71. The van der Waals surface area contributed by atoms with E-state index in [9.17, 15) is 0 Å². The smallest absolute Gasteiger partial charge is 0.160 e. The van der Waals surface area contributed by atoms with E-state index in [1.165, 1.54) is 16.7 Å². The number of halogens is 2. The summed E-state index contributed by atoms with van der Waals surface area (Å²) in [6.07, 6.45) is 0.892. The Labute approximate surface area is 142 Å². The second kappa shape index (κ2) is 7.32. The molecule has 0 aliphatic rings. The molecule has 4 heteroatoms. The SMILES string of the molecule is COc1ccc(CC(Br)c2ccc(Br)cc2C)cc1OC. The van der Waals surface area contributed by atoms with Crippen LogP contribution in [0.2, 0.25) is 0 Å². The van der Waals surface area contributed by atoms with Crippen LogP contribution >= 0.6 is 31.9 Å². The third kappa shape index (κ3) is 4.01. The molecule has 2 aromatic rings. The fourth-order valence-corrected chi connectivity index (χ4v) is 3.68. The molecule has 0 amide bonds. The normalized spacial score (nSPS) is 12.0. The maximum atomic E-state index is 5.36. The lowest BCUT2D eigenvalue weighted by Crippen LogP contribution is -1.99. The quantitative estimate of drug-likeness (QED) is 0.606. The minimum Gasteiger partial charge on any atom is -0.493 e. The molecule has 0 aliphatic carbocycles. The first-order valence-corrected chi connectivity index (χ1v) is 8.37. The summed E-state index contributed by atoms with van der Waals surface area (Å²) >= 11 is 7.29. The van der Waals surface area contributed by atoms with Crippen molar-refractivity contribution in [3.05, 3.63) is 57.6 Å². The van der Waals surface area contributed by atoms with Crippen molar-refractivity contribution in [3.8, 4) is 11.5 Å². The molecule has 2 aromatic carbocycles. The van der Waals surface area contributed by atoms with Crippen LogP contribution in [0.4, 0.5) is 0 Å². The third-order valence-electron chi connectivity index (χ3n) is 3.43. The van der Waals surface area contributed by atoms with Crippen LogP contribution in [0.15, 0.2) is 40.9 Å². The largest absolute Gasteiger partial charge is 0.493 e. The Hall–Kier alpha value is -1.00. The van der Waals surface area contributed by atoms with Crippen LogP contribution in [-0.4, -0.2) is 14.2 Å². The lowest BCUT2D eigenvalue weighted by atomic mass is 10.0. The molecule has 0 bridgehead atoms. The Morgan fingerprint density at radius 1 is 1.00 bits per heavy atom. The summed E-state index contributed by atoms with van der Waals surface area (Å²) in [6.45, 7) is 2.13. The van der Waals surface area contributed by atoms with Crippen LogP contribution in [0.1, 0.15) is 21.5 Å². The van der Waals surface area contributed by atoms with Crippen LogP contribution in [-0.2, 0) is 6.42 Å². The predicted octanol–water partition coefficient (Wildman–Crippen LogP) is 5.45. The van der Waals surface area contributed by atoms with E-state index < -0.39 is 0 Å². The number of rotatable bonds is 5. The zero-order valence-electron chi connectivity index (χ0n) is 12.3. The number of alkyl halides is 1. The van der Waals surface area contributed by atoms with Gasteiger partial charge >= 0.3 is 0 Å². The fraction of sp³-hybridized carbons (Fsp3) is 0.294. The Morgan fingerprint density at radius 2 is 1.71 bits per heavy atom. The summed E-state index contributed by atoms with van der Waals surface area (Å²) in [5.41, 5.74) is 3.77. The van der Waals surface area contributed by atoms with Crippen LogP contribution in [0.3, 0.4) is 0 Å². The molecular formula is C17H18Br2O2. The topological polar surface area (TPSA) is 18.5 Å². The van der Waals surface area contributed by atoms with Gasteiger partial charge < -0.3 is 9.47 Å². The first-order valence-electron chi connectivity index (χ1n) is 6.66. The van der Waals surface area contributed by atoms with Crippen molar-refractivity contribution in [1.82, 2.24) is 0 Å². The molecule has 21 heavy (non-hydrogen) atoms. The van der Waals surface area contributed by atoms with Crippen molar-refractivity contribution >= 4 is 31.9 Å². The summed E-state index contributed by atoms with van der Waals surface area (Å²) in [4.78, 5) is 0.267. The first-order chi connectivity index (χ1) is 10.0. The average molecular weight is 414 g/mol. The molecule has 0 saturated heterocycles. The highest BCUT2D eigenvalue weighted by atomic mass is 79.9. The van der Waals surface area contributed by atoms with E-state index in [-0.39, 0.29) is 4.83 Å². The summed E-state index contributed by atoms with van der Waals surface area (Å²) in [5.74, 6) is 1.52. The van der Waals surface area contributed by atoms with E-state index in [4.69, 9.17) is 9.47 Å². The van der Waals surface area contributed by atoms with Gasteiger partial charge in [-0.15, -0.1) is 0 Å². The first kappa shape index (κ1) is 16.4. The Bertz CT molecular complexity index is 626. The minimum absolute atomic E-state index is 0.267. The Balaban J connectivity index is 2.21. The molecule has 0 aliphatic heterocycles. The number of aryl methyl sites for hydroxylation is 1. The molecule has 1 unspecified atom stereocenters. The average Bonchev–Trinajstić information content (AvgIpc) is 2.46.